The van der Waals surface area contributed by atoms with Crippen LogP contribution in [0.1, 0.15) is 22.8 Å². The first kappa shape index (κ1) is 21.9. The van der Waals surface area contributed by atoms with Gasteiger partial charge in [0.05, 0.1) is 12.2 Å². The van der Waals surface area contributed by atoms with Gasteiger partial charge in [-0.1, -0.05) is 30.3 Å². The third-order valence-corrected chi connectivity index (χ3v) is 5.73. The fourth-order valence-electron chi connectivity index (χ4n) is 3.89. The molecule has 0 atom stereocenters. The van der Waals surface area contributed by atoms with E-state index in [1.54, 1.807) is 0 Å². The zero-order chi connectivity index (χ0) is 22.2. The first-order valence-corrected chi connectivity index (χ1v) is 11.3. The van der Waals surface area contributed by atoms with E-state index in [0.29, 0.717) is 12.2 Å². The average molecular weight is 431 g/mol. The minimum Gasteiger partial charge on any atom is -0.462 e. The summed E-state index contributed by atoms with van der Waals surface area (Å²) in [5.74, 6) is 1.45. The van der Waals surface area contributed by atoms with Gasteiger partial charge in [0.2, 0.25) is 0 Å². The second-order valence-electron chi connectivity index (χ2n) is 7.91. The minimum atomic E-state index is -0.255. The van der Waals surface area contributed by atoms with Crippen LogP contribution in [0.15, 0.2) is 78.9 Å². The molecule has 5 heteroatoms. The molecule has 0 saturated carbocycles. The van der Waals surface area contributed by atoms with Crippen LogP contribution in [-0.2, 0) is 11.2 Å². The third kappa shape index (κ3) is 5.89. The minimum absolute atomic E-state index is 0.255. The lowest BCUT2D eigenvalue weighted by Gasteiger charge is -2.36. The number of carbonyl (C=O) groups is 1. The van der Waals surface area contributed by atoms with Gasteiger partial charge >= 0.3 is 5.97 Å². The van der Waals surface area contributed by atoms with E-state index in [9.17, 15) is 4.79 Å². The molecule has 5 nitrogen and oxygen atoms in total. The predicted octanol–water partition coefficient (Wildman–Crippen LogP) is 5.02. The maximum absolute atomic E-state index is 11.8. The van der Waals surface area contributed by atoms with Gasteiger partial charge in [0.15, 0.2) is 0 Å². The maximum atomic E-state index is 11.8. The van der Waals surface area contributed by atoms with E-state index in [1.165, 1.54) is 11.3 Å². The Morgan fingerprint density at radius 2 is 1.47 bits per heavy atom. The summed E-state index contributed by atoms with van der Waals surface area (Å²) in [7, 11) is 0. The highest BCUT2D eigenvalue weighted by molar-refractivity contribution is 5.89. The summed E-state index contributed by atoms with van der Waals surface area (Å²) in [5, 5.41) is 0. The van der Waals surface area contributed by atoms with Crippen molar-refractivity contribution in [2.24, 2.45) is 0 Å². The molecule has 0 N–H and O–H groups in total. The van der Waals surface area contributed by atoms with Crippen molar-refractivity contribution in [2.75, 3.05) is 44.2 Å². The molecule has 1 saturated heterocycles. The number of esters is 1. The molecular formula is C27H30N2O3. The van der Waals surface area contributed by atoms with Crippen LogP contribution < -0.4 is 9.64 Å². The van der Waals surface area contributed by atoms with E-state index >= 15 is 0 Å². The summed E-state index contributed by atoms with van der Waals surface area (Å²) in [6.07, 6.45) is 0.981. The molecule has 1 heterocycles. The monoisotopic (exact) mass is 430 g/mol. The first-order chi connectivity index (χ1) is 15.7. The lowest BCUT2D eigenvalue weighted by Crippen LogP contribution is -2.46. The van der Waals surface area contributed by atoms with Crippen LogP contribution in [0, 0.1) is 0 Å². The van der Waals surface area contributed by atoms with E-state index in [-0.39, 0.29) is 5.97 Å². The summed E-state index contributed by atoms with van der Waals surface area (Å²) < 4.78 is 10.9. The Balaban J connectivity index is 1.22. The van der Waals surface area contributed by atoms with E-state index in [1.807, 2.05) is 73.7 Å². The van der Waals surface area contributed by atoms with Crippen molar-refractivity contribution < 1.29 is 14.3 Å². The van der Waals surface area contributed by atoms with Crippen molar-refractivity contribution in [2.45, 2.75) is 13.3 Å². The Labute approximate surface area is 190 Å². The van der Waals surface area contributed by atoms with Gasteiger partial charge in [-0.15, -0.1) is 0 Å². The summed E-state index contributed by atoms with van der Waals surface area (Å²) in [5.41, 5.74) is 3.10. The normalized spacial score (nSPS) is 14.2. The van der Waals surface area contributed by atoms with Crippen LogP contribution in [0.2, 0.25) is 0 Å². The van der Waals surface area contributed by atoms with Crippen LogP contribution in [0.4, 0.5) is 5.69 Å². The molecule has 166 valence electrons. The quantitative estimate of drug-likeness (QED) is 0.470. The summed E-state index contributed by atoms with van der Waals surface area (Å²) >= 11 is 0. The fraction of sp³-hybridized carbons (Fsp3) is 0.296. The number of nitrogens with zero attached hydrogens (tertiary/aromatic N) is 2. The molecule has 0 aliphatic carbocycles. The Morgan fingerprint density at radius 3 is 2.12 bits per heavy atom. The molecule has 0 amide bonds. The fourth-order valence-corrected chi connectivity index (χ4v) is 3.89. The molecule has 0 spiro atoms. The van der Waals surface area contributed by atoms with E-state index < -0.39 is 0 Å². The number of carbonyl (C=O) groups excluding carboxylic acids is 1. The van der Waals surface area contributed by atoms with Gasteiger partial charge in [-0.2, -0.15) is 0 Å². The second-order valence-corrected chi connectivity index (χ2v) is 7.91. The lowest BCUT2D eigenvalue weighted by atomic mass is 10.1. The number of hydrogen-bond acceptors (Lipinski definition) is 5. The summed E-state index contributed by atoms with van der Waals surface area (Å²) in [4.78, 5) is 16.7. The highest BCUT2D eigenvalue weighted by Gasteiger charge is 2.17. The number of rotatable bonds is 8. The molecule has 3 aromatic carbocycles. The van der Waals surface area contributed by atoms with Crippen LogP contribution in [0.3, 0.4) is 0 Å². The number of benzene rings is 3. The van der Waals surface area contributed by atoms with Crippen molar-refractivity contribution in [3.05, 3.63) is 90.0 Å². The number of anilines is 1. The van der Waals surface area contributed by atoms with Crippen LogP contribution in [0.5, 0.6) is 11.5 Å². The van der Waals surface area contributed by atoms with Crippen molar-refractivity contribution in [1.29, 1.82) is 0 Å². The van der Waals surface area contributed by atoms with Gasteiger partial charge < -0.3 is 14.4 Å². The Bertz CT molecular complexity index is 980. The van der Waals surface area contributed by atoms with E-state index in [2.05, 4.69) is 21.9 Å². The largest absolute Gasteiger partial charge is 0.462 e. The molecule has 1 fully saturated rings. The average Bonchev–Trinajstić information content (AvgIpc) is 2.85. The second kappa shape index (κ2) is 10.8. The molecule has 1 aliphatic rings. The standard InChI is InChI=1S/C27H30N2O3/c1-2-31-27(30)23-10-8-22(9-11-23)16-17-28-18-20-29(21-19-28)24-12-14-26(15-13-24)32-25-6-4-3-5-7-25/h3-15H,2,16-21H2,1H3. The van der Waals surface area contributed by atoms with Crippen LogP contribution in [-0.4, -0.2) is 50.2 Å². The van der Waals surface area contributed by atoms with Crippen LogP contribution in [0.25, 0.3) is 0 Å². The zero-order valence-electron chi connectivity index (χ0n) is 18.6. The number of piperazine rings is 1. The molecule has 1 aliphatic heterocycles. The van der Waals surface area contributed by atoms with Crippen molar-refractivity contribution >= 4 is 11.7 Å². The number of ether oxygens (including phenoxy) is 2. The molecule has 32 heavy (non-hydrogen) atoms. The SMILES string of the molecule is CCOC(=O)c1ccc(CCN2CCN(c3ccc(Oc4ccccc4)cc3)CC2)cc1. The molecule has 0 unspecified atom stereocenters. The van der Waals surface area contributed by atoms with E-state index in [0.717, 1.165) is 50.6 Å². The Hall–Kier alpha value is -3.31. The smallest absolute Gasteiger partial charge is 0.338 e. The van der Waals surface area contributed by atoms with Crippen molar-refractivity contribution in [3.8, 4) is 11.5 Å². The van der Waals surface area contributed by atoms with E-state index in [4.69, 9.17) is 9.47 Å². The molecule has 0 bridgehead atoms. The van der Waals surface area contributed by atoms with Gasteiger partial charge in [-0.25, -0.2) is 4.79 Å². The van der Waals surface area contributed by atoms with Crippen molar-refractivity contribution in [3.63, 3.8) is 0 Å². The highest BCUT2D eigenvalue weighted by atomic mass is 16.5. The summed E-state index contributed by atoms with van der Waals surface area (Å²) in [6, 6.07) is 26.0. The predicted molar refractivity (Wildman–Crippen MR) is 128 cm³/mol. The Morgan fingerprint density at radius 1 is 0.812 bits per heavy atom. The van der Waals surface area contributed by atoms with Gasteiger partial charge in [-0.05, 0) is 67.4 Å². The topological polar surface area (TPSA) is 42.0 Å². The molecule has 0 radical (unpaired) electrons. The Kier molecular flexibility index (Phi) is 7.41. The zero-order valence-corrected chi connectivity index (χ0v) is 18.6. The number of para-hydroxylation sites is 1. The van der Waals surface area contributed by atoms with Gasteiger partial charge in [0, 0.05) is 38.4 Å². The molecular weight excluding hydrogens is 400 g/mol. The van der Waals surface area contributed by atoms with Gasteiger partial charge in [0.25, 0.3) is 0 Å². The lowest BCUT2D eigenvalue weighted by molar-refractivity contribution is 0.0526. The number of hydrogen-bond donors (Lipinski definition) is 0. The van der Waals surface area contributed by atoms with Crippen molar-refractivity contribution in [1.82, 2.24) is 4.90 Å². The third-order valence-electron chi connectivity index (χ3n) is 5.73. The van der Waals surface area contributed by atoms with Crippen LogP contribution >= 0.6 is 0 Å². The van der Waals surface area contributed by atoms with Gasteiger partial charge in [-0.3, -0.25) is 4.90 Å². The summed E-state index contributed by atoms with van der Waals surface area (Å²) in [6.45, 7) is 7.36. The maximum Gasteiger partial charge on any atom is 0.338 e. The van der Waals surface area contributed by atoms with Gasteiger partial charge in [0.1, 0.15) is 11.5 Å². The molecule has 0 aromatic heterocycles. The molecule has 3 aromatic rings. The molecule has 4 rings (SSSR count). The highest BCUT2D eigenvalue weighted by Crippen LogP contribution is 2.25. The first-order valence-electron chi connectivity index (χ1n) is 11.3.